The van der Waals surface area contributed by atoms with Gasteiger partial charge in [-0.2, -0.15) is 0 Å². The quantitative estimate of drug-likeness (QED) is 0.877. The third-order valence-electron chi connectivity index (χ3n) is 2.09. The second kappa shape index (κ2) is 5.37. The summed E-state index contributed by atoms with van der Waals surface area (Å²) in [4.78, 5) is 5.05. The van der Waals surface area contributed by atoms with Gasteiger partial charge in [-0.1, -0.05) is 28.1 Å². The third-order valence-corrected chi connectivity index (χ3v) is 3.75. The van der Waals surface area contributed by atoms with E-state index in [2.05, 4.69) is 33.0 Å². The summed E-state index contributed by atoms with van der Waals surface area (Å²) in [7, 11) is 0. The SMILES string of the molecule is Nc1cnccc1SCc1cccc(Br)c1. The van der Waals surface area contributed by atoms with Gasteiger partial charge in [0.05, 0.1) is 11.9 Å². The largest absolute Gasteiger partial charge is 0.397 e. The summed E-state index contributed by atoms with van der Waals surface area (Å²) in [5.74, 6) is 0.910. The number of pyridine rings is 1. The van der Waals surface area contributed by atoms with Crippen LogP contribution in [0.1, 0.15) is 5.56 Å². The van der Waals surface area contributed by atoms with Crippen molar-refractivity contribution in [3.8, 4) is 0 Å². The van der Waals surface area contributed by atoms with E-state index in [0.717, 1.165) is 20.8 Å². The Labute approximate surface area is 107 Å². The van der Waals surface area contributed by atoms with Gasteiger partial charge in [-0.3, -0.25) is 4.98 Å². The number of nitrogens with two attached hydrogens (primary N) is 1. The Bertz CT molecular complexity index is 488. The van der Waals surface area contributed by atoms with E-state index in [1.54, 1.807) is 24.2 Å². The zero-order valence-electron chi connectivity index (χ0n) is 8.56. The van der Waals surface area contributed by atoms with Crippen LogP contribution >= 0.6 is 27.7 Å². The van der Waals surface area contributed by atoms with Crippen LogP contribution < -0.4 is 5.73 Å². The summed E-state index contributed by atoms with van der Waals surface area (Å²) in [6.45, 7) is 0. The van der Waals surface area contributed by atoms with E-state index < -0.39 is 0 Å². The van der Waals surface area contributed by atoms with Crippen LogP contribution in [0.5, 0.6) is 0 Å². The topological polar surface area (TPSA) is 38.9 Å². The smallest absolute Gasteiger partial charge is 0.0638 e. The molecule has 0 spiro atoms. The van der Waals surface area contributed by atoms with Crippen molar-refractivity contribution in [3.63, 3.8) is 0 Å². The maximum atomic E-state index is 5.82. The van der Waals surface area contributed by atoms with Crippen molar-refractivity contribution in [1.82, 2.24) is 4.98 Å². The predicted molar refractivity (Wildman–Crippen MR) is 72.4 cm³/mol. The van der Waals surface area contributed by atoms with E-state index in [9.17, 15) is 0 Å². The third kappa shape index (κ3) is 3.00. The van der Waals surface area contributed by atoms with Gasteiger partial charge in [0.2, 0.25) is 0 Å². The Morgan fingerprint density at radius 1 is 1.31 bits per heavy atom. The summed E-state index contributed by atoms with van der Waals surface area (Å²) < 4.78 is 1.10. The summed E-state index contributed by atoms with van der Waals surface area (Å²) in [5.41, 5.74) is 7.83. The number of nitrogen functional groups attached to an aromatic ring is 1. The molecule has 0 aliphatic heterocycles. The minimum atomic E-state index is 0.738. The number of benzene rings is 1. The fourth-order valence-electron chi connectivity index (χ4n) is 1.31. The van der Waals surface area contributed by atoms with Crippen LogP contribution in [0.3, 0.4) is 0 Å². The van der Waals surface area contributed by atoms with E-state index in [1.807, 2.05) is 18.2 Å². The van der Waals surface area contributed by atoms with Crippen LogP contribution in [0.4, 0.5) is 5.69 Å². The monoisotopic (exact) mass is 294 g/mol. The molecule has 0 aliphatic rings. The fraction of sp³-hybridized carbons (Fsp3) is 0.0833. The van der Waals surface area contributed by atoms with Crippen LogP contribution in [0.25, 0.3) is 0 Å². The molecule has 2 rings (SSSR count). The first-order valence-corrected chi connectivity index (χ1v) is 6.60. The van der Waals surface area contributed by atoms with Crippen LogP contribution in [0, 0.1) is 0 Å². The molecular formula is C12H11BrN2S. The summed E-state index contributed by atoms with van der Waals surface area (Å²) >= 11 is 5.18. The second-order valence-corrected chi connectivity index (χ2v) is 5.26. The number of hydrogen-bond donors (Lipinski definition) is 1. The van der Waals surface area contributed by atoms with Crippen LogP contribution in [-0.2, 0) is 5.75 Å². The first kappa shape index (κ1) is 11.5. The normalized spacial score (nSPS) is 10.3. The average Bonchev–Trinajstić information content (AvgIpc) is 2.28. The number of anilines is 1. The minimum Gasteiger partial charge on any atom is -0.397 e. The Kier molecular flexibility index (Phi) is 3.85. The van der Waals surface area contributed by atoms with Gasteiger partial charge < -0.3 is 5.73 Å². The van der Waals surface area contributed by atoms with Crippen molar-refractivity contribution in [2.24, 2.45) is 0 Å². The molecule has 0 bridgehead atoms. The zero-order chi connectivity index (χ0) is 11.4. The number of thioether (sulfide) groups is 1. The first-order valence-electron chi connectivity index (χ1n) is 4.82. The van der Waals surface area contributed by atoms with Crippen molar-refractivity contribution < 1.29 is 0 Å². The summed E-state index contributed by atoms with van der Waals surface area (Å²) in [6.07, 6.45) is 3.45. The predicted octanol–water partition coefficient (Wildman–Crippen LogP) is 3.72. The molecule has 1 aromatic heterocycles. The van der Waals surface area contributed by atoms with E-state index in [4.69, 9.17) is 5.73 Å². The van der Waals surface area contributed by atoms with Gasteiger partial charge in [-0.15, -0.1) is 11.8 Å². The summed E-state index contributed by atoms with van der Waals surface area (Å²) in [5, 5.41) is 0. The highest BCUT2D eigenvalue weighted by Crippen LogP contribution is 2.27. The highest BCUT2D eigenvalue weighted by molar-refractivity contribution is 9.10. The highest BCUT2D eigenvalue weighted by atomic mass is 79.9. The lowest BCUT2D eigenvalue weighted by Gasteiger charge is -2.04. The van der Waals surface area contributed by atoms with Crippen molar-refractivity contribution in [2.75, 3.05) is 5.73 Å². The molecule has 2 N–H and O–H groups in total. The standard InChI is InChI=1S/C12H11BrN2S/c13-10-3-1-2-9(6-10)8-16-12-4-5-15-7-11(12)14/h1-7H,8,14H2. The van der Waals surface area contributed by atoms with Crippen molar-refractivity contribution in [1.29, 1.82) is 0 Å². The van der Waals surface area contributed by atoms with Crippen LogP contribution in [0.15, 0.2) is 52.1 Å². The lowest BCUT2D eigenvalue weighted by molar-refractivity contribution is 1.26. The molecule has 2 nitrogen and oxygen atoms in total. The van der Waals surface area contributed by atoms with Gasteiger partial charge in [0.1, 0.15) is 0 Å². The number of aromatic nitrogens is 1. The molecule has 0 saturated carbocycles. The number of hydrogen-bond acceptors (Lipinski definition) is 3. The molecule has 0 saturated heterocycles. The van der Waals surface area contributed by atoms with Gasteiger partial charge >= 0.3 is 0 Å². The molecule has 4 heteroatoms. The van der Waals surface area contributed by atoms with Gasteiger partial charge in [0.25, 0.3) is 0 Å². The van der Waals surface area contributed by atoms with Gasteiger partial charge in [-0.25, -0.2) is 0 Å². The average molecular weight is 295 g/mol. The Balaban J connectivity index is 2.05. The van der Waals surface area contributed by atoms with E-state index in [-0.39, 0.29) is 0 Å². The lowest BCUT2D eigenvalue weighted by atomic mass is 10.2. The van der Waals surface area contributed by atoms with Gasteiger partial charge in [0, 0.05) is 21.3 Å². The van der Waals surface area contributed by atoms with Crippen LogP contribution in [-0.4, -0.2) is 4.98 Å². The van der Waals surface area contributed by atoms with E-state index in [1.165, 1.54) is 5.56 Å². The minimum absolute atomic E-state index is 0.738. The van der Waals surface area contributed by atoms with E-state index in [0.29, 0.717) is 0 Å². The molecule has 0 radical (unpaired) electrons. The van der Waals surface area contributed by atoms with E-state index >= 15 is 0 Å². The highest BCUT2D eigenvalue weighted by Gasteiger charge is 2.00. The molecule has 0 fully saturated rings. The number of halogens is 1. The molecule has 0 amide bonds. The zero-order valence-corrected chi connectivity index (χ0v) is 11.0. The first-order chi connectivity index (χ1) is 7.75. The number of nitrogens with zero attached hydrogens (tertiary/aromatic N) is 1. The molecular weight excluding hydrogens is 284 g/mol. The molecule has 16 heavy (non-hydrogen) atoms. The number of rotatable bonds is 3. The molecule has 2 aromatic rings. The maximum Gasteiger partial charge on any atom is 0.0638 e. The lowest BCUT2D eigenvalue weighted by Crippen LogP contribution is -1.89. The van der Waals surface area contributed by atoms with Crippen molar-refractivity contribution >= 4 is 33.4 Å². The van der Waals surface area contributed by atoms with Gasteiger partial charge in [-0.05, 0) is 23.8 Å². The van der Waals surface area contributed by atoms with Crippen molar-refractivity contribution in [3.05, 3.63) is 52.8 Å². The Morgan fingerprint density at radius 2 is 2.19 bits per heavy atom. The van der Waals surface area contributed by atoms with Crippen molar-refractivity contribution in [2.45, 2.75) is 10.6 Å². The molecule has 0 atom stereocenters. The second-order valence-electron chi connectivity index (χ2n) is 3.33. The molecule has 0 unspecified atom stereocenters. The Morgan fingerprint density at radius 3 is 2.94 bits per heavy atom. The Hall–Kier alpha value is -1.00. The maximum absolute atomic E-state index is 5.82. The molecule has 82 valence electrons. The van der Waals surface area contributed by atoms with Crippen LogP contribution in [0.2, 0.25) is 0 Å². The summed E-state index contributed by atoms with van der Waals surface area (Å²) in [6, 6.07) is 10.2. The molecule has 1 heterocycles. The van der Waals surface area contributed by atoms with Gasteiger partial charge in [0.15, 0.2) is 0 Å². The fourth-order valence-corrected chi connectivity index (χ4v) is 2.64. The molecule has 1 aromatic carbocycles. The molecule has 0 aliphatic carbocycles.